The van der Waals surface area contributed by atoms with E-state index < -0.39 is 32.1 Å². The Labute approximate surface area is 135 Å². The van der Waals surface area contributed by atoms with Crippen molar-refractivity contribution >= 4 is 21.8 Å². The molecule has 1 saturated carbocycles. The summed E-state index contributed by atoms with van der Waals surface area (Å²) in [5.41, 5.74) is -0.493. The molecular formula is C16H20N2O4S. The van der Waals surface area contributed by atoms with Crippen LogP contribution < -0.4 is 10.6 Å². The number of hydrogen-bond acceptors (Lipinski definition) is 4. The molecule has 23 heavy (non-hydrogen) atoms. The zero-order valence-corrected chi connectivity index (χ0v) is 14.0. The summed E-state index contributed by atoms with van der Waals surface area (Å²) >= 11 is 0. The Hall–Kier alpha value is -1.89. The van der Waals surface area contributed by atoms with Crippen LogP contribution in [0.2, 0.25) is 0 Å². The lowest BCUT2D eigenvalue weighted by Gasteiger charge is -2.40. The van der Waals surface area contributed by atoms with Gasteiger partial charge < -0.3 is 5.32 Å². The van der Waals surface area contributed by atoms with Crippen molar-refractivity contribution in [2.75, 3.05) is 0 Å². The van der Waals surface area contributed by atoms with Crippen LogP contribution in [0.3, 0.4) is 0 Å². The third kappa shape index (κ3) is 2.09. The van der Waals surface area contributed by atoms with Crippen molar-refractivity contribution in [2.24, 2.45) is 0 Å². The second-order valence-electron chi connectivity index (χ2n) is 6.55. The zero-order chi connectivity index (χ0) is 16.9. The lowest BCUT2D eigenvalue weighted by atomic mass is 9.83. The maximum atomic E-state index is 13.4. The van der Waals surface area contributed by atoms with Crippen LogP contribution in [0.4, 0.5) is 4.79 Å². The van der Waals surface area contributed by atoms with Gasteiger partial charge in [-0.05, 0) is 38.8 Å². The molecule has 2 aliphatic rings. The van der Waals surface area contributed by atoms with E-state index in [2.05, 4.69) is 10.6 Å². The van der Waals surface area contributed by atoms with Gasteiger partial charge in [0.1, 0.15) is 10.3 Å². The van der Waals surface area contributed by atoms with Crippen molar-refractivity contribution in [1.82, 2.24) is 10.6 Å². The number of aryl methyl sites for hydroxylation is 1. The normalized spacial score (nSPS) is 26.9. The minimum absolute atomic E-state index is 0.195. The summed E-state index contributed by atoms with van der Waals surface area (Å²) in [7, 11) is -3.79. The highest BCUT2D eigenvalue weighted by atomic mass is 32.2. The maximum Gasteiger partial charge on any atom is 0.322 e. The number of amides is 3. The number of urea groups is 1. The fourth-order valence-electron chi connectivity index (χ4n) is 3.79. The summed E-state index contributed by atoms with van der Waals surface area (Å²) in [5.74, 6) is -0.569. The van der Waals surface area contributed by atoms with Crippen LogP contribution in [0.1, 0.15) is 38.2 Å². The smallest absolute Gasteiger partial charge is 0.322 e. The monoisotopic (exact) mass is 336 g/mol. The van der Waals surface area contributed by atoms with Crippen LogP contribution in [-0.4, -0.2) is 30.6 Å². The molecule has 1 unspecified atom stereocenters. The number of imide groups is 1. The average Bonchev–Trinajstić information content (AvgIpc) is 3.07. The highest BCUT2D eigenvalue weighted by Gasteiger charge is 2.65. The minimum atomic E-state index is -3.79. The van der Waals surface area contributed by atoms with Gasteiger partial charge in [-0.15, -0.1) is 0 Å². The Morgan fingerprint density at radius 2 is 1.61 bits per heavy atom. The molecule has 1 aromatic carbocycles. The Morgan fingerprint density at radius 3 is 2.09 bits per heavy atom. The quantitative estimate of drug-likeness (QED) is 0.822. The lowest BCUT2D eigenvalue weighted by molar-refractivity contribution is -0.124. The van der Waals surface area contributed by atoms with E-state index >= 15 is 0 Å². The van der Waals surface area contributed by atoms with Crippen LogP contribution >= 0.6 is 0 Å². The van der Waals surface area contributed by atoms with Crippen LogP contribution in [-0.2, 0) is 14.6 Å². The van der Waals surface area contributed by atoms with Gasteiger partial charge in [0.2, 0.25) is 0 Å². The van der Waals surface area contributed by atoms with Crippen LogP contribution in [0.5, 0.6) is 0 Å². The molecule has 0 spiro atoms. The Morgan fingerprint density at radius 1 is 1.04 bits per heavy atom. The number of nitrogens with one attached hydrogen (secondary N) is 2. The van der Waals surface area contributed by atoms with Crippen molar-refractivity contribution < 1.29 is 18.0 Å². The van der Waals surface area contributed by atoms with Gasteiger partial charge in [0.25, 0.3) is 5.91 Å². The molecule has 2 fully saturated rings. The molecule has 1 saturated heterocycles. The molecule has 1 aliphatic carbocycles. The summed E-state index contributed by atoms with van der Waals surface area (Å²) in [6.07, 6.45) is 2.13. The molecule has 0 radical (unpaired) electrons. The molecule has 124 valence electrons. The van der Waals surface area contributed by atoms with Gasteiger partial charge in [0, 0.05) is 0 Å². The zero-order valence-electron chi connectivity index (χ0n) is 13.2. The first-order valence-corrected chi connectivity index (χ1v) is 9.16. The average molecular weight is 336 g/mol. The molecule has 3 rings (SSSR count). The standard InChI is InChI=1S/C16H20N2O4S/c1-11-5-7-12(8-6-11)23(21,22)16(9-3-4-10-16)15(2)13(19)17-14(20)18-15/h5-8H,3-4,9-10H2,1-2H3,(H2,17,18,19,20). The van der Waals surface area contributed by atoms with Gasteiger partial charge in [-0.1, -0.05) is 30.5 Å². The van der Waals surface area contributed by atoms with E-state index in [1.165, 1.54) is 6.92 Å². The third-order valence-electron chi connectivity index (χ3n) is 5.21. The predicted molar refractivity (Wildman–Crippen MR) is 84.6 cm³/mol. The van der Waals surface area contributed by atoms with Crippen molar-refractivity contribution in [1.29, 1.82) is 0 Å². The summed E-state index contributed by atoms with van der Waals surface area (Å²) in [5, 5.41) is 4.76. The van der Waals surface area contributed by atoms with Gasteiger partial charge in [0.15, 0.2) is 9.84 Å². The molecule has 3 amide bonds. The number of benzene rings is 1. The van der Waals surface area contributed by atoms with Crippen LogP contribution in [0.25, 0.3) is 0 Å². The molecule has 7 heteroatoms. The van der Waals surface area contributed by atoms with E-state index in [0.29, 0.717) is 25.7 Å². The van der Waals surface area contributed by atoms with Gasteiger partial charge >= 0.3 is 6.03 Å². The van der Waals surface area contributed by atoms with E-state index in [9.17, 15) is 18.0 Å². The van der Waals surface area contributed by atoms with Crippen molar-refractivity contribution in [3.63, 3.8) is 0 Å². The Balaban J connectivity index is 2.17. The molecule has 1 atom stereocenters. The molecule has 2 N–H and O–H groups in total. The van der Waals surface area contributed by atoms with Gasteiger partial charge in [0.05, 0.1) is 4.90 Å². The summed E-state index contributed by atoms with van der Waals surface area (Å²) < 4.78 is 25.4. The lowest BCUT2D eigenvalue weighted by Crippen LogP contribution is -2.64. The Bertz CT molecular complexity index is 764. The number of carbonyl (C=O) groups is 2. The fourth-order valence-corrected chi connectivity index (χ4v) is 6.24. The third-order valence-corrected chi connectivity index (χ3v) is 7.95. The second-order valence-corrected chi connectivity index (χ2v) is 8.81. The summed E-state index contributed by atoms with van der Waals surface area (Å²) in [6.45, 7) is 3.40. The topological polar surface area (TPSA) is 92.3 Å². The van der Waals surface area contributed by atoms with Gasteiger partial charge in [-0.3, -0.25) is 10.1 Å². The summed E-state index contributed by atoms with van der Waals surface area (Å²) in [4.78, 5) is 24.2. The number of carbonyl (C=O) groups excluding carboxylic acids is 2. The van der Waals surface area contributed by atoms with E-state index in [4.69, 9.17) is 0 Å². The number of hydrogen-bond donors (Lipinski definition) is 2. The predicted octanol–water partition coefficient (Wildman–Crippen LogP) is 1.68. The first-order valence-electron chi connectivity index (χ1n) is 7.68. The Kier molecular flexibility index (Phi) is 3.51. The molecule has 1 heterocycles. The molecule has 1 aliphatic heterocycles. The maximum absolute atomic E-state index is 13.4. The van der Waals surface area contributed by atoms with Crippen molar-refractivity contribution in [2.45, 2.75) is 54.7 Å². The first-order chi connectivity index (χ1) is 10.7. The van der Waals surface area contributed by atoms with E-state index in [-0.39, 0.29) is 4.90 Å². The van der Waals surface area contributed by atoms with Crippen LogP contribution in [0.15, 0.2) is 29.2 Å². The van der Waals surface area contributed by atoms with Gasteiger partial charge in [-0.2, -0.15) is 0 Å². The number of sulfone groups is 1. The molecular weight excluding hydrogens is 316 g/mol. The van der Waals surface area contributed by atoms with Crippen molar-refractivity contribution in [3.05, 3.63) is 29.8 Å². The molecule has 0 bridgehead atoms. The minimum Gasteiger partial charge on any atom is -0.322 e. The largest absolute Gasteiger partial charge is 0.322 e. The fraction of sp³-hybridized carbons (Fsp3) is 0.500. The van der Waals surface area contributed by atoms with E-state index in [0.717, 1.165) is 5.56 Å². The van der Waals surface area contributed by atoms with Gasteiger partial charge in [-0.25, -0.2) is 13.2 Å². The second kappa shape index (κ2) is 5.06. The molecule has 1 aromatic rings. The molecule has 0 aromatic heterocycles. The highest BCUT2D eigenvalue weighted by molar-refractivity contribution is 7.93. The highest BCUT2D eigenvalue weighted by Crippen LogP contribution is 2.48. The number of rotatable bonds is 3. The van der Waals surface area contributed by atoms with Crippen molar-refractivity contribution in [3.8, 4) is 0 Å². The van der Waals surface area contributed by atoms with E-state index in [1.807, 2.05) is 6.92 Å². The first kappa shape index (κ1) is 16.0. The summed E-state index contributed by atoms with van der Waals surface area (Å²) in [6, 6.07) is 5.99. The van der Waals surface area contributed by atoms with Crippen LogP contribution in [0, 0.1) is 6.92 Å². The molecule has 6 nitrogen and oxygen atoms in total. The van der Waals surface area contributed by atoms with E-state index in [1.54, 1.807) is 24.3 Å². The SMILES string of the molecule is Cc1ccc(S(=O)(=O)C2(C3(C)NC(=O)NC3=O)CCCC2)cc1.